The Morgan fingerprint density at radius 1 is 1.00 bits per heavy atom. The summed E-state index contributed by atoms with van der Waals surface area (Å²) in [5.41, 5.74) is 0.272. The first-order chi connectivity index (χ1) is 11.8. The Hall–Kier alpha value is -2.36. The molecule has 0 saturated heterocycles. The summed E-state index contributed by atoms with van der Waals surface area (Å²) in [5, 5.41) is 0. The molecule has 0 aliphatic rings. The quantitative estimate of drug-likeness (QED) is 0.490. The number of rotatable bonds is 9. The highest BCUT2D eigenvalue weighted by molar-refractivity contribution is 5.82. The van der Waals surface area contributed by atoms with Gasteiger partial charge >= 0.3 is 11.9 Å². The molecule has 0 heterocycles. The zero-order valence-electron chi connectivity index (χ0n) is 15.4. The van der Waals surface area contributed by atoms with Crippen molar-refractivity contribution in [3.63, 3.8) is 0 Å². The summed E-state index contributed by atoms with van der Waals surface area (Å²) < 4.78 is 10.9. The second kappa shape index (κ2) is 9.82. The molecule has 0 radical (unpaired) electrons. The molecule has 0 aliphatic heterocycles. The average Bonchev–Trinajstić information content (AvgIpc) is 2.55. The van der Waals surface area contributed by atoms with Crippen LogP contribution in [0.3, 0.4) is 0 Å². The van der Waals surface area contributed by atoms with E-state index in [0.717, 1.165) is 5.56 Å². The van der Waals surface area contributed by atoms with Crippen LogP contribution in [0.1, 0.15) is 39.2 Å². The Bertz CT molecular complexity index is 584. The van der Waals surface area contributed by atoms with E-state index in [4.69, 9.17) is 9.47 Å². The molecule has 136 valence electrons. The van der Waals surface area contributed by atoms with Crippen LogP contribution in [0.4, 0.5) is 0 Å². The van der Waals surface area contributed by atoms with Crippen LogP contribution in [0.25, 0.3) is 0 Å². The molecule has 2 unspecified atom stereocenters. The summed E-state index contributed by atoms with van der Waals surface area (Å²) in [6.45, 7) is 12.9. The SMILES string of the molecule is C=CCC(C(=O)OCc1ccccc1)C(CC=C)C(=O)OC(C)(C)C. The van der Waals surface area contributed by atoms with E-state index in [9.17, 15) is 9.59 Å². The number of benzene rings is 1. The monoisotopic (exact) mass is 344 g/mol. The Morgan fingerprint density at radius 2 is 1.52 bits per heavy atom. The van der Waals surface area contributed by atoms with Crippen LogP contribution < -0.4 is 0 Å². The van der Waals surface area contributed by atoms with Crippen LogP contribution in [0.5, 0.6) is 0 Å². The fraction of sp³-hybridized carbons (Fsp3) is 0.429. The maximum Gasteiger partial charge on any atom is 0.310 e. The van der Waals surface area contributed by atoms with Gasteiger partial charge < -0.3 is 9.47 Å². The van der Waals surface area contributed by atoms with Gasteiger partial charge in [-0.15, -0.1) is 13.2 Å². The van der Waals surface area contributed by atoms with E-state index in [2.05, 4.69) is 13.2 Å². The van der Waals surface area contributed by atoms with Gasteiger partial charge in [0.2, 0.25) is 0 Å². The highest BCUT2D eigenvalue weighted by atomic mass is 16.6. The minimum absolute atomic E-state index is 0.169. The van der Waals surface area contributed by atoms with Gasteiger partial charge in [0, 0.05) is 0 Å². The van der Waals surface area contributed by atoms with E-state index in [1.54, 1.807) is 32.9 Å². The number of hydrogen-bond acceptors (Lipinski definition) is 4. The van der Waals surface area contributed by atoms with Gasteiger partial charge in [0.15, 0.2) is 0 Å². The zero-order chi connectivity index (χ0) is 18.9. The Balaban J connectivity index is 2.87. The molecular formula is C21H28O4. The molecule has 0 fully saturated rings. The fourth-order valence-corrected chi connectivity index (χ4v) is 2.42. The van der Waals surface area contributed by atoms with Crippen molar-refractivity contribution in [2.45, 2.75) is 45.8 Å². The number of carbonyl (C=O) groups is 2. The first kappa shape index (κ1) is 20.7. The molecule has 0 aromatic heterocycles. The molecule has 4 nitrogen and oxygen atoms in total. The van der Waals surface area contributed by atoms with E-state index in [1.165, 1.54) is 0 Å². The summed E-state index contributed by atoms with van der Waals surface area (Å²) in [7, 11) is 0. The van der Waals surface area contributed by atoms with Crippen molar-refractivity contribution in [1.29, 1.82) is 0 Å². The molecule has 4 heteroatoms. The molecule has 0 amide bonds. The minimum Gasteiger partial charge on any atom is -0.461 e. The maximum atomic E-state index is 12.6. The topological polar surface area (TPSA) is 52.6 Å². The molecule has 0 N–H and O–H groups in total. The lowest BCUT2D eigenvalue weighted by Gasteiger charge is -2.27. The second-order valence-corrected chi connectivity index (χ2v) is 6.89. The minimum atomic E-state index is -0.644. The molecule has 1 aromatic rings. The number of ether oxygens (including phenoxy) is 2. The van der Waals surface area contributed by atoms with Crippen molar-refractivity contribution in [3.05, 3.63) is 61.2 Å². The molecule has 0 aliphatic carbocycles. The zero-order valence-corrected chi connectivity index (χ0v) is 15.4. The molecule has 0 spiro atoms. The fourth-order valence-electron chi connectivity index (χ4n) is 2.42. The van der Waals surface area contributed by atoms with Crippen molar-refractivity contribution >= 4 is 11.9 Å². The third kappa shape index (κ3) is 7.38. The van der Waals surface area contributed by atoms with Crippen LogP contribution in [0.15, 0.2) is 55.6 Å². The largest absolute Gasteiger partial charge is 0.461 e. The normalized spacial score (nSPS) is 13.4. The summed E-state index contributed by atoms with van der Waals surface area (Å²) in [4.78, 5) is 25.1. The smallest absolute Gasteiger partial charge is 0.310 e. The molecular weight excluding hydrogens is 316 g/mol. The second-order valence-electron chi connectivity index (χ2n) is 6.89. The lowest BCUT2D eigenvalue weighted by atomic mass is 9.86. The third-order valence-electron chi connectivity index (χ3n) is 3.56. The van der Waals surface area contributed by atoms with E-state index < -0.39 is 29.4 Å². The summed E-state index contributed by atoms with van der Waals surface area (Å²) in [6, 6.07) is 9.42. The average molecular weight is 344 g/mol. The molecule has 0 bridgehead atoms. The van der Waals surface area contributed by atoms with Gasteiger partial charge in [-0.2, -0.15) is 0 Å². The lowest BCUT2D eigenvalue weighted by Crippen LogP contribution is -2.36. The predicted octanol–water partition coefficient (Wildman–Crippen LogP) is 4.46. The van der Waals surface area contributed by atoms with Gasteiger partial charge in [0.25, 0.3) is 0 Å². The van der Waals surface area contributed by atoms with Crippen molar-refractivity contribution in [2.75, 3.05) is 0 Å². The lowest BCUT2D eigenvalue weighted by molar-refractivity contribution is -0.168. The molecule has 1 rings (SSSR count). The maximum absolute atomic E-state index is 12.6. The van der Waals surface area contributed by atoms with Crippen LogP contribution in [0, 0.1) is 11.8 Å². The van der Waals surface area contributed by atoms with Gasteiger partial charge in [-0.3, -0.25) is 9.59 Å². The van der Waals surface area contributed by atoms with Crippen molar-refractivity contribution < 1.29 is 19.1 Å². The highest BCUT2D eigenvalue weighted by Gasteiger charge is 2.36. The number of allylic oxidation sites excluding steroid dienone is 2. The molecule has 25 heavy (non-hydrogen) atoms. The summed E-state index contributed by atoms with van der Waals surface area (Å²) in [6.07, 6.45) is 3.92. The highest BCUT2D eigenvalue weighted by Crippen LogP contribution is 2.26. The van der Waals surface area contributed by atoms with Crippen molar-refractivity contribution in [1.82, 2.24) is 0 Å². The molecule has 0 saturated carbocycles. The van der Waals surface area contributed by atoms with E-state index in [-0.39, 0.29) is 6.61 Å². The Kier molecular flexibility index (Phi) is 8.12. The number of carbonyl (C=O) groups excluding carboxylic acids is 2. The standard InChI is InChI=1S/C21H28O4/c1-6-11-17(18(12-7-2)20(23)25-21(3,4)5)19(22)24-15-16-13-9-8-10-14-16/h6-10,13-14,17-18H,1-2,11-12,15H2,3-5H3. The van der Waals surface area contributed by atoms with E-state index >= 15 is 0 Å². The van der Waals surface area contributed by atoms with Crippen LogP contribution in [0.2, 0.25) is 0 Å². The molecule has 2 atom stereocenters. The predicted molar refractivity (Wildman–Crippen MR) is 98.7 cm³/mol. The van der Waals surface area contributed by atoms with Crippen LogP contribution in [-0.2, 0) is 25.7 Å². The third-order valence-corrected chi connectivity index (χ3v) is 3.56. The van der Waals surface area contributed by atoms with Gasteiger partial charge in [-0.25, -0.2) is 0 Å². The molecule has 1 aromatic carbocycles. The van der Waals surface area contributed by atoms with Gasteiger partial charge in [0.05, 0.1) is 11.8 Å². The van der Waals surface area contributed by atoms with Crippen molar-refractivity contribution in [2.24, 2.45) is 11.8 Å². The summed E-state index contributed by atoms with van der Waals surface area (Å²) in [5.74, 6) is -2.13. The Morgan fingerprint density at radius 3 is 2.00 bits per heavy atom. The van der Waals surface area contributed by atoms with Crippen LogP contribution >= 0.6 is 0 Å². The number of hydrogen-bond donors (Lipinski definition) is 0. The first-order valence-electron chi connectivity index (χ1n) is 8.43. The van der Waals surface area contributed by atoms with Crippen LogP contribution in [-0.4, -0.2) is 17.5 Å². The van der Waals surface area contributed by atoms with Gasteiger partial charge in [-0.05, 0) is 39.2 Å². The van der Waals surface area contributed by atoms with Gasteiger partial charge in [-0.1, -0.05) is 42.5 Å². The van der Waals surface area contributed by atoms with E-state index in [0.29, 0.717) is 12.8 Å². The summed E-state index contributed by atoms with van der Waals surface area (Å²) >= 11 is 0. The van der Waals surface area contributed by atoms with E-state index in [1.807, 2.05) is 30.3 Å². The first-order valence-corrected chi connectivity index (χ1v) is 8.43. The van der Waals surface area contributed by atoms with Gasteiger partial charge in [0.1, 0.15) is 12.2 Å². The number of esters is 2. The van der Waals surface area contributed by atoms with Crippen molar-refractivity contribution in [3.8, 4) is 0 Å². The Labute approximate surface area is 150 Å².